The van der Waals surface area contributed by atoms with Crippen LogP contribution in [0.5, 0.6) is 0 Å². The Bertz CT molecular complexity index is 841. The highest BCUT2D eigenvalue weighted by Crippen LogP contribution is 2.21. The third-order valence-electron chi connectivity index (χ3n) is 3.28. The molecular weight excluding hydrogens is 340 g/mol. The van der Waals surface area contributed by atoms with Crippen molar-refractivity contribution in [2.75, 3.05) is 0 Å². The van der Waals surface area contributed by atoms with Crippen LogP contribution in [0.15, 0.2) is 53.1 Å². The number of aromatic nitrogens is 1. The topological polar surface area (TPSA) is 22.0 Å². The molecule has 21 heavy (non-hydrogen) atoms. The molecule has 0 aliphatic heterocycles. The number of nitrogens with zero attached hydrogens (tertiary/aromatic N) is 1. The van der Waals surface area contributed by atoms with E-state index in [0.29, 0.717) is 0 Å². The average Bonchev–Trinajstić information content (AvgIpc) is 2.80. The quantitative estimate of drug-likeness (QED) is 0.635. The van der Waals surface area contributed by atoms with E-state index in [1.807, 2.05) is 24.3 Å². The summed E-state index contributed by atoms with van der Waals surface area (Å²) >= 11 is 3.38. The number of benzene rings is 2. The van der Waals surface area contributed by atoms with Crippen LogP contribution in [0.3, 0.4) is 0 Å². The summed E-state index contributed by atoms with van der Waals surface area (Å²) in [6.07, 6.45) is 1.77. The number of rotatable bonds is 3. The maximum atomic E-state index is 13.6. The zero-order chi connectivity index (χ0) is 15.0. The minimum Gasteiger partial charge on any atom is -0.340 e. The zero-order valence-corrected chi connectivity index (χ0v) is 12.4. The molecule has 106 valence electrons. The maximum absolute atomic E-state index is 13.6. The smallest absolute Gasteiger partial charge is 0.185 e. The summed E-state index contributed by atoms with van der Waals surface area (Å²) in [4.78, 5) is 12.2. The van der Waals surface area contributed by atoms with Crippen LogP contribution in [-0.4, -0.2) is 10.4 Å². The number of hydrogen-bond acceptors (Lipinski definition) is 1. The van der Waals surface area contributed by atoms with Gasteiger partial charge in [-0.2, -0.15) is 0 Å². The Kier molecular flexibility index (Phi) is 3.59. The normalized spacial score (nSPS) is 11.0. The summed E-state index contributed by atoms with van der Waals surface area (Å²) in [6, 6.07) is 10.6. The van der Waals surface area contributed by atoms with Crippen molar-refractivity contribution in [2.45, 2.75) is 6.54 Å². The van der Waals surface area contributed by atoms with Gasteiger partial charge in [-0.3, -0.25) is 4.79 Å². The molecule has 0 atom stereocenters. The molecule has 0 saturated heterocycles. The first kappa shape index (κ1) is 13.9. The van der Waals surface area contributed by atoms with Crippen molar-refractivity contribution < 1.29 is 13.6 Å². The van der Waals surface area contributed by atoms with Crippen LogP contribution in [-0.2, 0) is 6.54 Å². The lowest BCUT2D eigenvalue weighted by Gasteiger charge is -2.06. The Hall–Kier alpha value is -2.01. The molecule has 0 fully saturated rings. The van der Waals surface area contributed by atoms with Crippen molar-refractivity contribution in [3.63, 3.8) is 0 Å². The molecule has 0 saturated carbocycles. The summed E-state index contributed by atoms with van der Waals surface area (Å²) in [7, 11) is 0. The molecule has 5 heteroatoms. The zero-order valence-electron chi connectivity index (χ0n) is 10.8. The number of ketones is 1. The Morgan fingerprint density at radius 3 is 2.67 bits per heavy atom. The van der Waals surface area contributed by atoms with Gasteiger partial charge in [0.15, 0.2) is 5.78 Å². The largest absolute Gasteiger partial charge is 0.340 e. The number of fused-ring (bicyclic) bond motifs is 1. The fourth-order valence-corrected chi connectivity index (χ4v) is 2.64. The summed E-state index contributed by atoms with van der Waals surface area (Å²) < 4.78 is 29.2. The Labute approximate surface area is 128 Å². The van der Waals surface area contributed by atoms with E-state index in [1.54, 1.807) is 10.8 Å². The molecule has 1 aromatic heterocycles. The van der Waals surface area contributed by atoms with Gasteiger partial charge in [-0.25, -0.2) is 8.78 Å². The minimum absolute atomic E-state index is 0.00762. The second kappa shape index (κ2) is 5.41. The van der Waals surface area contributed by atoms with E-state index in [9.17, 15) is 13.6 Å². The van der Waals surface area contributed by atoms with Crippen LogP contribution in [0.25, 0.3) is 10.9 Å². The SMILES string of the molecule is O=C(Cn1ccc2cc(Br)ccc21)c1ccc(F)cc1F. The molecule has 0 spiro atoms. The Morgan fingerprint density at radius 1 is 1.10 bits per heavy atom. The van der Waals surface area contributed by atoms with E-state index in [4.69, 9.17) is 0 Å². The second-order valence-corrected chi connectivity index (χ2v) is 5.61. The first-order valence-electron chi connectivity index (χ1n) is 6.27. The average molecular weight is 350 g/mol. The van der Waals surface area contributed by atoms with Crippen LogP contribution < -0.4 is 0 Å². The van der Waals surface area contributed by atoms with E-state index in [2.05, 4.69) is 15.9 Å². The fourth-order valence-electron chi connectivity index (χ4n) is 2.26. The van der Waals surface area contributed by atoms with Crippen molar-refractivity contribution in [3.8, 4) is 0 Å². The minimum atomic E-state index is -0.834. The van der Waals surface area contributed by atoms with Gasteiger partial charge in [0.25, 0.3) is 0 Å². The molecular formula is C16H10BrF2NO. The third-order valence-corrected chi connectivity index (χ3v) is 3.77. The van der Waals surface area contributed by atoms with Crippen LogP contribution in [0, 0.1) is 11.6 Å². The van der Waals surface area contributed by atoms with Gasteiger partial charge in [0.1, 0.15) is 11.6 Å². The van der Waals surface area contributed by atoms with Gasteiger partial charge in [-0.15, -0.1) is 0 Å². The van der Waals surface area contributed by atoms with Crippen molar-refractivity contribution >= 4 is 32.6 Å². The Morgan fingerprint density at radius 2 is 1.90 bits per heavy atom. The summed E-state index contributed by atoms with van der Waals surface area (Å²) in [6.45, 7) is 0.00762. The molecule has 0 amide bonds. The first-order chi connectivity index (χ1) is 10.0. The molecule has 0 aliphatic rings. The van der Waals surface area contributed by atoms with E-state index >= 15 is 0 Å². The molecule has 0 N–H and O–H groups in total. The molecule has 2 nitrogen and oxygen atoms in total. The summed E-state index contributed by atoms with van der Waals surface area (Å²) in [5.41, 5.74) is 0.782. The van der Waals surface area contributed by atoms with Crippen LogP contribution in [0.4, 0.5) is 8.78 Å². The predicted molar refractivity (Wildman–Crippen MR) is 80.3 cm³/mol. The Balaban J connectivity index is 1.93. The van der Waals surface area contributed by atoms with Gasteiger partial charge in [0.2, 0.25) is 0 Å². The number of hydrogen-bond donors (Lipinski definition) is 0. The van der Waals surface area contributed by atoms with Crippen molar-refractivity contribution in [2.24, 2.45) is 0 Å². The van der Waals surface area contributed by atoms with Crippen molar-refractivity contribution in [1.29, 1.82) is 0 Å². The highest BCUT2D eigenvalue weighted by atomic mass is 79.9. The first-order valence-corrected chi connectivity index (χ1v) is 7.06. The van der Waals surface area contributed by atoms with Gasteiger partial charge in [0, 0.05) is 27.6 Å². The molecule has 1 heterocycles. The molecule has 3 rings (SSSR count). The number of carbonyl (C=O) groups excluding carboxylic acids is 1. The monoisotopic (exact) mass is 349 g/mol. The van der Waals surface area contributed by atoms with Gasteiger partial charge < -0.3 is 4.57 Å². The lowest BCUT2D eigenvalue weighted by Crippen LogP contribution is -2.11. The van der Waals surface area contributed by atoms with Gasteiger partial charge in [-0.05, 0) is 36.4 Å². The van der Waals surface area contributed by atoms with E-state index in [1.165, 1.54) is 6.07 Å². The highest BCUT2D eigenvalue weighted by molar-refractivity contribution is 9.10. The molecule has 0 radical (unpaired) electrons. The number of carbonyl (C=O) groups is 1. The van der Waals surface area contributed by atoms with Crippen LogP contribution in [0.2, 0.25) is 0 Å². The number of halogens is 3. The number of Topliss-reactive ketones (excluding diaryl/α,β-unsaturated/α-hetero) is 1. The van der Waals surface area contributed by atoms with Gasteiger partial charge >= 0.3 is 0 Å². The highest BCUT2D eigenvalue weighted by Gasteiger charge is 2.14. The predicted octanol–water partition coefficient (Wildman–Crippen LogP) is 4.56. The molecule has 0 aliphatic carbocycles. The lowest BCUT2D eigenvalue weighted by molar-refractivity contribution is 0.0969. The van der Waals surface area contributed by atoms with Gasteiger partial charge in [-0.1, -0.05) is 15.9 Å². The van der Waals surface area contributed by atoms with E-state index < -0.39 is 17.4 Å². The van der Waals surface area contributed by atoms with E-state index in [0.717, 1.165) is 27.5 Å². The fraction of sp³-hybridized carbons (Fsp3) is 0.0625. The molecule has 0 unspecified atom stereocenters. The molecule has 3 aromatic rings. The third kappa shape index (κ3) is 2.74. The van der Waals surface area contributed by atoms with Crippen LogP contribution in [0.1, 0.15) is 10.4 Å². The summed E-state index contributed by atoms with van der Waals surface area (Å²) in [5.74, 6) is -1.92. The maximum Gasteiger partial charge on any atom is 0.185 e. The van der Waals surface area contributed by atoms with Gasteiger partial charge in [0.05, 0.1) is 12.1 Å². The summed E-state index contributed by atoms with van der Waals surface area (Å²) in [5, 5.41) is 0.983. The second-order valence-electron chi connectivity index (χ2n) is 4.69. The molecule has 2 aromatic carbocycles. The van der Waals surface area contributed by atoms with Crippen molar-refractivity contribution in [1.82, 2.24) is 4.57 Å². The van der Waals surface area contributed by atoms with E-state index in [-0.39, 0.29) is 12.1 Å². The van der Waals surface area contributed by atoms with Crippen molar-refractivity contribution in [3.05, 3.63) is 70.3 Å². The standard InChI is InChI=1S/C16H10BrF2NO/c17-11-1-4-15-10(7-11)5-6-20(15)9-16(21)13-3-2-12(18)8-14(13)19/h1-8H,9H2. The lowest BCUT2D eigenvalue weighted by atomic mass is 10.1. The molecule has 0 bridgehead atoms. The van der Waals surface area contributed by atoms with Crippen LogP contribution >= 0.6 is 15.9 Å².